The molecule has 0 fully saturated rings. The van der Waals surface area contributed by atoms with Crippen molar-refractivity contribution in [3.05, 3.63) is 60.8 Å². The minimum Gasteiger partial charge on any atom is -0.462 e. The predicted molar refractivity (Wildman–Crippen MR) is 302 cm³/mol. The van der Waals surface area contributed by atoms with E-state index in [1.54, 1.807) is 0 Å². The first-order valence-electron chi connectivity index (χ1n) is 30.3. The van der Waals surface area contributed by atoms with Gasteiger partial charge in [-0.1, -0.05) is 268 Å². The van der Waals surface area contributed by atoms with Crippen molar-refractivity contribution in [2.75, 3.05) is 13.2 Å². The number of ether oxygens (including phenoxy) is 3. The maximum Gasteiger partial charge on any atom is 0.306 e. The molecule has 0 N–H and O–H groups in total. The van der Waals surface area contributed by atoms with Gasteiger partial charge in [0.2, 0.25) is 0 Å². The average molecular weight is 980 g/mol. The molecule has 0 aliphatic heterocycles. The van der Waals surface area contributed by atoms with Crippen LogP contribution >= 0.6 is 0 Å². The normalized spacial score (nSPS) is 12.4. The molecule has 0 saturated heterocycles. The van der Waals surface area contributed by atoms with Crippen LogP contribution in [-0.4, -0.2) is 37.2 Å². The fourth-order valence-electron chi connectivity index (χ4n) is 8.67. The maximum absolute atomic E-state index is 12.8. The Bertz CT molecular complexity index is 1260. The van der Waals surface area contributed by atoms with Crippen LogP contribution in [0.1, 0.15) is 310 Å². The summed E-state index contributed by atoms with van der Waals surface area (Å²) in [4.78, 5) is 38.2. The second-order valence-corrected chi connectivity index (χ2v) is 20.3. The molecule has 0 heterocycles. The van der Waals surface area contributed by atoms with E-state index in [0.717, 1.165) is 70.6 Å². The molecule has 6 nitrogen and oxygen atoms in total. The number of hydrogen-bond acceptors (Lipinski definition) is 6. The summed E-state index contributed by atoms with van der Waals surface area (Å²) in [5.41, 5.74) is 0. The van der Waals surface area contributed by atoms with Crippen LogP contribution < -0.4 is 0 Å². The summed E-state index contributed by atoms with van der Waals surface area (Å²) >= 11 is 0. The summed E-state index contributed by atoms with van der Waals surface area (Å²) in [7, 11) is 0. The zero-order chi connectivity index (χ0) is 50.7. The van der Waals surface area contributed by atoms with Crippen molar-refractivity contribution in [1.82, 2.24) is 0 Å². The summed E-state index contributed by atoms with van der Waals surface area (Å²) in [5, 5.41) is 0. The van der Waals surface area contributed by atoms with E-state index in [-0.39, 0.29) is 37.5 Å². The van der Waals surface area contributed by atoms with Crippen LogP contribution in [0, 0.1) is 0 Å². The van der Waals surface area contributed by atoms with E-state index in [1.807, 2.05) is 0 Å². The van der Waals surface area contributed by atoms with E-state index in [1.165, 1.54) is 193 Å². The highest BCUT2D eigenvalue weighted by Gasteiger charge is 2.19. The van der Waals surface area contributed by atoms with Gasteiger partial charge in [0.15, 0.2) is 6.10 Å². The van der Waals surface area contributed by atoms with E-state index in [2.05, 4.69) is 81.5 Å². The van der Waals surface area contributed by atoms with Crippen LogP contribution in [0.15, 0.2) is 60.8 Å². The molecular weight excluding hydrogens is 865 g/mol. The Kier molecular flexibility index (Phi) is 56.3. The number of carbonyl (C=O) groups is 3. The highest BCUT2D eigenvalue weighted by atomic mass is 16.6. The summed E-state index contributed by atoms with van der Waals surface area (Å²) in [6.45, 7) is 6.60. The maximum atomic E-state index is 12.8. The number of rotatable bonds is 55. The second-order valence-electron chi connectivity index (χ2n) is 20.3. The fourth-order valence-corrected chi connectivity index (χ4v) is 8.67. The van der Waals surface area contributed by atoms with Crippen LogP contribution in [0.5, 0.6) is 0 Å². The molecule has 0 aromatic carbocycles. The molecule has 0 aliphatic rings. The lowest BCUT2D eigenvalue weighted by Crippen LogP contribution is -2.30. The molecule has 0 bridgehead atoms. The van der Waals surface area contributed by atoms with E-state index in [0.29, 0.717) is 19.3 Å². The lowest BCUT2D eigenvalue weighted by Gasteiger charge is -2.18. The van der Waals surface area contributed by atoms with Crippen LogP contribution in [0.2, 0.25) is 0 Å². The number of unbranched alkanes of at least 4 members (excludes halogenated alkanes) is 34. The number of allylic oxidation sites excluding steroid dienone is 10. The number of esters is 3. The Morgan fingerprint density at radius 1 is 0.286 bits per heavy atom. The SMILES string of the molecule is CCCCC/C=C\C/C=C\C/C=C\C/C=C\CCCC(=O)OC(COC(=O)CCCCCCC/C=C\CCCCCCCCCCC)COC(=O)CCCCCCCCCCCCCCCCCCC. The number of hydrogen-bond donors (Lipinski definition) is 0. The van der Waals surface area contributed by atoms with Crippen LogP contribution in [0.4, 0.5) is 0 Å². The van der Waals surface area contributed by atoms with Gasteiger partial charge in [-0.25, -0.2) is 0 Å². The van der Waals surface area contributed by atoms with E-state index in [4.69, 9.17) is 14.2 Å². The molecule has 0 saturated carbocycles. The molecule has 0 amide bonds. The van der Waals surface area contributed by atoms with E-state index >= 15 is 0 Å². The molecular formula is C64H114O6. The first-order valence-corrected chi connectivity index (χ1v) is 30.3. The molecule has 0 aromatic rings. The van der Waals surface area contributed by atoms with Gasteiger partial charge in [-0.3, -0.25) is 14.4 Å². The Labute approximate surface area is 434 Å². The first kappa shape index (κ1) is 67.1. The van der Waals surface area contributed by atoms with Gasteiger partial charge < -0.3 is 14.2 Å². The van der Waals surface area contributed by atoms with Crippen LogP contribution in [0.25, 0.3) is 0 Å². The van der Waals surface area contributed by atoms with Gasteiger partial charge >= 0.3 is 17.9 Å². The summed E-state index contributed by atoms with van der Waals surface area (Å²) in [6, 6.07) is 0. The average Bonchev–Trinajstić information content (AvgIpc) is 3.36. The lowest BCUT2D eigenvalue weighted by atomic mass is 10.0. The standard InChI is InChI=1S/C64H114O6/c1-4-7-10-13-16-19-22-25-28-31-34-36-39-42-45-48-51-54-57-63(66)69-60-61(70-64(67)58-55-52-49-46-43-40-37-33-30-27-24-21-18-15-12-9-6-3)59-68-62(65)56-53-50-47-44-41-38-35-32-29-26-23-20-17-14-11-8-5-2/h18,21,27,30,34,36-37,40,46,49,61H,4-17,19-20,22-26,28-29,31-33,35,38-39,41-45,47-48,50-60H2,1-3H3/b21-18-,30-27-,36-34-,40-37-,49-46-. The molecule has 0 aliphatic carbocycles. The highest BCUT2D eigenvalue weighted by Crippen LogP contribution is 2.16. The summed E-state index contributed by atoms with van der Waals surface area (Å²) < 4.78 is 16.8. The monoisotopic (exact) mass is 979 g/mol. The highest BCUT2D eigenvalue weighted by molar-refractivity contribution is 5.71. The third kappa shape index (κ3) is 56.0. The van der Waals surface area contributed by atoms with Crippen molar-refractivity contribution in [2.45, 2.75) is 316 Å². The Hall–Kier alpha value is -2.89. The van der Waals surface area contributed by atoms with Gasteiger partial charge in [-0.05, 0) is 83.5 Å². The minimum atomic E-state index is -0.805. The van der Waals surface area contributed by atoms with E-state index < -0.39 is 6.10 Å². The second kappa shape index (κ2) is 58.7. The molecule has 1 unspecified atom stereocenters. The summed E-state index contributed by atoms with van der Waals surface area (Å²) in [6.07, 6.45) is 73.6. The largest absolute Gasteiger partial charge is 0.462 e. The van der Waals surface area contributed by atoms with Crippen molar-refractivity contribution in [3.63, 3.8) is 0 Å². The third-order valence-electron chi connectivity index (χ3n) is 13.2. The minimum absolute atomic E-state index is 0.0956. The lowest BCUT2D eigenvalue weighted by molar-refractivity contribution is -0.167. The van der Waals surface area contributed by atoms with Gasteiger partial charge in [0, 0.05) is 19.3 Å². The number of carbonyl (C=O) groups excluding carboxylic acids is 3. The quantitative estimate of drug-likeness (QED) is 0.0261. The topological polar surface area (TPSA) is 78.9 Å². The Balaban J connectivity index is 4.44. The van der Waals surface area contributed by atoms with Gasteiger partial charge in [0.1, 0.15) is 13.2 Å². The Morgan fingerprint density at radius 3 is 0.886 bits per heavy atom. The van der Waals surface area contributed by atoms with E-state index in [9.17, 15) is 14.4 Å². The zero-order valence-corrected chi connectivity index (χ0v) is 46.5. The van der Waals surface area contributed by atoms with Crippen LogP contribution in [-0.2, 0) is 28.6 Å². The smallest absolute Gasteiger partial charge is 0.306 e. The van der Waals surface area contributed by atoms with Gasteiger partial charge in [0.25, 0.3) is 0 Å². The summed E-state index contributed by atoms with van der Waals surface area (Å²) in [5.74, 6) is -0.946. The van der Waals surface area contributed by atoms with Crippen molar-refractivity contribution in [2.24, 2.45) is 0 Å². The molecule has 6 heteroatoms. The molecule has 0 aromatic heterocycles. The molecule has 0 spiro atoms. The molecule has 406 valence electrons. The van der Waals surface area contributed by atoms with Gasteiger partial charge in [-0.2, -0.15) is 0 Å². The molecule has 0 radical (unpaired) electrons. The third-order valence-corrected chi connectivity index (χ3v) is 13.2. The van der Waals surface area contributed by atoms with Crippen LogP contribution in [0.3, 0.4) is 0 Å². The van der Waals surface area contributed by atoms with Crippen molar-refractivity contribution >= 4 is 17.9 Å². The molecule has 70 heavy (non-hydrogen) atoms. The predicted octanol–water partition coefficient (Wildman–Crippen LogP) is 20.4. The molecule has 0 rings (SSSR count). The van der Waals surface area contributed by atoms with Crippen molar-refractivity contribution < 1.29 is 28.6 Å². The molecule has 1 atom stereocenters. The fraction of sp³-hybridized carbons (Fsp3) is 0.797. The Morgan fingerprint density at radius 2 is 0.529 bits per heavy atom. The van der Waals surface area contributed by atoms with Crippen molar-refractivity contribution in [1.29, 1.82) is 0 Å². The first-order chi connectivity index (χ1) is 34.5. The zero-order valence-electron chi connectivity index (χ0n) is 46.5. The van der Waals surface area contributed by atoms with Gasteiger partial charge in [-0.15, -0.1) is 0 Å². The van der Waals surface area contributed by atoms with Crippen molar-refractivity contribution in [3.8, 4) is 0 Å². The van der Waals surface area contributed by atoms with Gasteiger partial charge in [0.05, 0.1) is 0 Å².